The zero-order chi connectivity index (χ0) is 14.8. The molecule has 21 heavy (non-hydrogen) atoms. The van der Waals surface area contributed by atoms with Gasteiger partial charge < -0.3 is 0 Å². The highest BCUT2D eigenvalue weighted by Crippen LogP contribution is 2.35. The zero-order valence-electron chi connectivity index (χ0n) is 13.3. The van der Waals surface area contributed by atoms with Crippen molar-refractivity contribution in [2.75, 3.05) is 6.54 Å². The van der Waals surface area contributed by atoms with Crippen LogP contribution in [0.3, 0.4) is 0 Å². The average molecular weight is 305 g/mol. The molecule has 116 valence electrons. The van der Waals surface area contributed by atoms with Crippen molar-refractivity contribution in [1.29, 1.82) is 0 Å². The lowest BCUT2D eigenvalue weighted by Gasteiger charge is -2.34. The molecule has 2 aliphatic rings. The Hall–Kier alpha value is -0.670. The van der Waals surface area contributed by atoms with Crippen LogP contribution in [-0.4, -0.2) is 23.3 Å². The van der Waals surface area contributed by atoms with Gasteiger partial charge in [0.25, 0.3) is 0 Å². The lowest BCUT2D eigenvalue weighted by atomic mass is 9.75. The van der Waals surface area contributed by atoms with Crippen LogP contribution in [0.15, 0.2) is 16.8 Å². The van der Waals surface area contributed by atoms with E-state index in [0.29, 0.717) is 11.7 Å². The van der Waals surface area contributed by atoms with Crippen LogP contribution in [-0.2, 0) is 11.3 Å². The molecule has 2 unspecified atom stereocenters. The molecular weight excluding hydrogens is 278 g/mol. The molecule has 2 aliphatic carbocycles. The molecule has 2 nitrogen and oxygen atoms in total. The van der Waals surface area contributed by atoms with Crippen molar-refractivity contribution in [1.82, 2.24) is 4.90 Å². The van der Waals surface area contributed by atoms with Crippen molar-refractivity contribution in [2.45, 2.75) is 58.5 Å². The highest BCUT2D eigenvalue weighted by Gasteiger charge is 2.35. The van der Waals surface area contributed by atoms with Crippen LogP contribution in [0.1, 0.15) is 51.5 Å². The van der Waals surface area contributed by atoms with Crippen molar-refractivity contribution in [3.8, 4) is 0 Å². The smallest absolute Gasteiger partial charge is 0.137 e. The minimum absolute atomic E-state index is 0.283. The second-order valence-electron chi connectivity index (χ2n) is 7.23. The fourth-order valence-corrected chi connectivity index (χ4v) is 4.27. The first-order valence-electron chi connectivity index (χ1n) is 8.41. The van der Waals surface area contributed by atoms with Gasteiger partial charge in [0.1, 0.15) is 5.78 Å². The van der Waals surface area contributed by atoms with Crippen molar-refractivity contribution >= 4 is 17.1 Å². The van der Waals surface area contributed by atoms with Crippen LogP contribution in [0.4, 0.5) is 0 Å². The molecule has 0 N–H and O–H groups in total. The molecule has 0 aliphatic heterocycles. The maximum atomic E-state index is 12.3. The number of thiophene rings is 1. The summed E-state index contributed by atoms with van der Waals surface area (Å²) in [6.45, 7) is 6.63. The molecule has 0 radical (unpaired) electrons. The molecule has 3 rings (SSSR count). The van der Waals surface area contributed by atoms with E-state index < -0.39 is 0 Å². The van der Waals surface area contributed by atoms with E-state index in [0.717, 1.165) is 44.3 Å². The van der Waals surface area contributed by atoms with Gasteiger partial charge in [0.2, 0.25) is 0 Å². The summed E-state index contributed by atoms with van der Waals surface area (Å²) in [5.74, 6) is 2.26. The quantitative estimate of drug-likeness (QED) is 0.778. The molecule has 0 saturated heterocycles. The van der Waals surface area contributed by atoms with E-state index in [4.69, 9.17) is 0 Å². The van der Waals surface area contributed by atoms with Crippen LogP contribution in [0.5, 0.6) is 0 Å². The van der Waals surface area contributed by atoms with Gasteiger partial charge >= 0.3 is 0 Å². The molecular formula is C18H27NOS. The fraction of sp³-hybridized carbons (Fsp3) is 0.722. The van der Waals surface area contributed by atoms with Gasteiger partial charge in [-0.1, -0.05) is 13.8 Å². The number of hydrogen-bond donors (Lipinski definition) is 0. The van der Waals surface area contributed by atoms with Crippen LogP contribution >= 0.6 is 11.3 Å². The van der Waals surface area contributed by atoms with E-state index >= 15 is 0 Å². The topological polar surface area (TPSA) is 20.3 Å². The first-order chi connectivity index (χ1) is 10.1. The monoisotopic (exact) mass is 305 g/mol. The number of Topliss-reactive ketones (excluding diaryl/α,β-unsaturated/α-hetero) is 1. The van der Waals surface area contributed by atoms with Gasteiger partial charge in [-0.25, -0.2) is 0 Å². The lowest BCUT2D eigenvalue weighted by Crippen LogP contribution is -2.38. The molecule has 2 fully saturated rings. The summed E-state index contributed by atoms with van der Waals surface area (Å²) in [7, 11) is 0. The summed E-state index contributed by atoms with van der Waals surface area (Å²) < 4.78 is 0. The Kier molecular flexibility index (Phi) is 4.80. The number of rotatable bonds is 6. The average Bonchev–Trinajstić information content (AvgIpc) is 3.18. The minimum Gasteiger partial charge on any atom is -0.299 e. The van der Waals surface area contributed by atoms with Crippen LogP contribution in [0.25, 0.3) is 0 Å². The summed E-state index contributed by atoms with van der Waals surface area (Å²) in [5.41, 5.74) is 1.41. The van der Waals surface area contributed by atoms with Gasteiger partial charge in [0.05, 0.1) is 0 Å². The van der Waals surface area contributed by atoms with Gasteiger partial charge in [-0.15, -0.1) is 0 Å². The van der Waals surface area contributed by atoms with E-state index in [1.807, 2.05) is 0 Å². The number of ketones is 1. The Morgan fingerprint density at radius 2 is 2.14 bits per heavy atom. The van der Waals surface area contributed by atoms with Crippen molar-refractivity contribution in [3.63, 3.8) is 0 Å². The minimum atomic E-state index is 0.283. The van der Waals surface area contributed by atoms with E-state index in [2.05, 4.69) is 35.6 Å². The largest absolute Gasteiger partial charge is 0.299 e. The van der Waals surface area contributed by atoms with Gasteiger partial charge in [0, 0.05) is 31.5 Å². The van der Waals surface area contributed by atoms with Crippen molar-refractivity contribution < 1.29 is 4.79 Å². The highest BCUT2D eigenvalue weighted by molar-refractivity contribution is 7.07. The number of nitrogens with zero attached hydrogens (tertiary/aromatic N) is 1. The number of hydrogen-bond acceptors (Lipinski definition) is 3. The predicted octanol–water partition coefficient (Wildman–Crippen LogP) is 4.35. The Bertz CT molecular complexity index is 464. The van der Waals surface area contributed by atoms with E-state index in [9.17, 15) is 4.79 Å². The predicted molar refractivity (Wildman–Crippen MR) is 88.4 cm³/mol. The fourth-order valence-electron chi connectivity index (χ4n) is 3.61. The Morgan fingerprint density at radius 1 is 1.33 bits per heavy atom. The Balaban J connectivity index is 1.62. The number of carbonyl (C=O) groups is 1. The second kappa shape index (κ2) is 6.62. The summed E-state index contributed by atoms with van der Waals surface area (Å²) in [5, 5.41) is 4.40. The lowest BCUT2D eigenvalue weighted by molar-refractivity contribution is -0.126. The van der Waals surface area contributed by atoms with Gasteiger partial charge in [-0.3, -0.25) is 9.69 Å². The Labute approximate surface area is 132 Å². The first kappa shape index (κ1) is 15.2. The van der Waals surface area contributed by atoms with Crippen LogP contribution in [0, 0.1) is 17.8 Å². The summed E-state index contributed by atoms with van der Waals surface area (Å²) in [6, 6.07) is 2.96. The number of carbonyl (C=O) groups excluding carboxylic acids is 1. The molecule has 0 amide bonds. The van der Waals surface area contributed by atoms with E-state index in [1.54, 1.807) is 11.3 Å². The summed E-state index contributed by atoms with van der Waals surface area (Å²) in [6.07, 6.45) is 5.67. The van der Waals surface area contributed by atoms with Gasteiger partial charge in [0.15, 0.2) is 0 Å². The third-order valence-electron chi connectivity index (χ3n) is 5.23. The SMILES string of the molecule is CC(C)C1CCC(=O)C(CN(Cc2ccsc2)C2CC2)C1. The molecule has 3 heteroatoms. The molecule has 0 spiro atoms. The van der Waals surface area contributed by atoms with E-state index in [1.165, 1.54) is 18.4 Å². The van der Waals surface area contributed by atoms with Crippen molar-refractivity contribution in [3.05, 3.63) is 22.4 Å². The maximum Gasteiger partial charge on any atom is 0.137 e. The molecule has 1 aromatic heterocycles. The molecule has 0 aromatic carbocycles. The molecule has 2 saturated carbocycles. The third-order valence-corrected chi connectivity index (χ3v) is 5.96. The summed E-state index contributed by atoms with van der Waals surface area (Å²) >= 11 is 1.77. The van der Waals surface area contributed by atoms with Crippen LogP contribution in [0.2, 0.25) is 0 Å². The highest BCUT2D eigenvalue weighted by atomic mass is 32.1. The van der Waals surface area contributed by atoms with Crippen LogP contribution < -0.4 is 0 Å². The second-order valence-corrected chi connectivity index (χ2v) is 8.01. The third kappa shape index (κ3) is 3.95. The molecule has 1 aromatic rings. The Morgan fingerprint density at radius 3 is 2.76 bits per heavy atom. The normalized spacial score (nSPS) is 26.8. The molecule has 2 atom stereocenters. The first-order valence-corrected chi connectivity index (χ1v) is 9.35. The molecule has 0 bridgehead atoms. The zero-order valence-corrected chi connectivity index (χ0v) is 14.1. The van der Waals surface area contributed by atoms with Gasteiger partial charge in [-0.05, 0) is 59.9 Å². The maximum absolute atomic E-state index is 12.3. The van der Waals surface area contributed by atoms with Gasteiger partial charge in [-0.2, -0.15) is 11.3 Å². The standard InChI is InChI=1S/C18H27NOS/c1-13(2)15-3-6-18(20)16(9-15)11-19(17-4-5-17)10-14-7-8-21-12-14/h7-8,12-13,15-17H,3-6,9-11H2,1-2H3. The summed E-state index contributed by atoms with van der Waals surface area (Å²) in [4.78, 5) is 14.9. The van der Waals surface area contributed by atoms with Crippen molar-refractivity contribution in [2.24, 2.45) is 17.8 Å². The molecule has 1 heterocycles. The van der Waals surface area contributed by atoms with E-state index in [-0.39, 0.29) is 5.92 Å².